The number of hydrogen-bond donors (Lipinski definition) is 0. The van der Waals surface area contributed by atoms with E-state index in [1.54, 1.807) is 6.07 Å². The van der Waals surface area contributed by atoms with Gasteiger partial charge in [0.2, 0.25) is 10.0 Å². The molecule has 1 aliphatic rings. The van der Waals surface area contributed by atoms with Gasteiger partial charge >= 0.3 is 5.97 Å². The molecular weight excluding hydrogens is 380 g/mol. The molecule has 1 aliphatic heterocycles. The molecule has 0 saturated carbocycles. The molecule has 0 spiro atoms. The summed E-state index contributed by atoms with van der Waals surface area (Å²) in [6.45, 7) is -0.201. The molecule has 2 aromatic rings. The number of para-hydroxylation sites is 1. The summed E-state index contributed by atoms with van der Waals surface area (Å²) in [6.07, 6.45) is -0.787. The van der Waals surface area contributed by atoms with Crippen LogP contribution in [0, 0.1) is 11.6 Å². The van der Waals surface area contributed by atoms with Crippen LogP contribution in [0.25, 0.3) is 0 Å². The first-order valence-electron chi connectivity index (χ1n) is 8.09. The molecule has 9 heteroatoms. The second kappa shape index (κ2) is 7.61. The Morgan fingerprint density at radius 3 is 2.56 bits per heavy atom. The third-order valence-corrected chi connectivity index (χ3v) is 6.09. The molecule has 144 valence electrons. The Bertz CT molecular complexity index is 950. The largest absolute Gasteiger partial charge is 0.486 e. The van der Waals surface area contributed by atoms with Crippen LogP contribution in [0.4, 0.5) is 8.78 Å². The second-order valence-corrected chi connectivity index (χ2v) is 7.87. The zero-order valence-electron chi connectivity index (χ0n) is 14.3. The molecule has 2 atom stereocenters. The topological polar surface area (TPSA) is 72.9 Å². The highest BCUT2D eigenvalue weighted by Gasteiger charge is 2.45. The van der Waals surface area contributed by atoms with E-state index in [9.17, 15) is 22.0 Å². The minimum atomic E-state index is -4.18. The van der Waals surface area contributed by atoms with Crippen LogP contribution in [0.5, 0.6) is 5.75 Å². The Morgan fingerprint density at radius 1 is 1.15 bits per heavy atom. The summed E-state index contributed by atoms with van der Waals surface area (Å²) in [5.41, 5.74) is 0. The molecule has 2 aromatic carbocycles. The average molecular weight is 397 g/mol. The molecule has 0 aliphatic carbocycles. The minimum Gasteiger partial charge on any atom is -0.486 e. The van der Waals surface area contributed by atoms with Crippen molar-refractivity contribution in [3.8, 4) is 5.75 Å². The van der Waals surface area contributed by atoms with Gasteiger partial charge in [0.25, 0.3) is 0 Å². The number of nitrogens with zero attached hydrogens (tertiary/aromatic N) is 1. The van der Waals surface area contributed by atoms with Crippen molar-refractivity contribution in [1.29, 1.82) is 0 Å². The molecule has 1 heterocycles. The maximum atomic E-state index is 13.8. The summed E-state index contributed by atoms with van der Waals surface area (Å²) in [4.78, 5) is 11.8. The van der Waals surface area contributed by atoms with Gasteiger partial charge in [-0.25, -0.2) is 17.2 Å². The Hall–Kier alpha value is -2.52. The fraction of sp³-hybridized carbons (Fsp3) is 0.278. The summed E-state index contributed by atoms with van der Waals surface area (Å²) >= 11 is 0. The number of carbonyl (C=O) groups excluding carboxylic acids is 1. The SMILES string of the molecule is COC(=O)C1CC(Oc2ccccc2F)CN1S(=O)(=O)c1cccc(F)c1. The predicted molar refractivity (Wildman–Crippen MR) is 91.5 cm³/mol. The quantitative estimate of drug-likeness (QED) is 0.725. The van der Waals surface area contributed by atoms with Crippen molar-refractivity contribution in [2.45, 2.75) is 23.5 Å². The molecule has 0 radical (unpaired) electrons. The van der Waals surface area contributed by atoms with E-state index in [-0.39, 0.29) is 23.6 Å². The molecule has 1 saturated heterocycles. The lowest BCUT2D eigenvalue weighted by Crippen LogP contribution is -2.41. The van der Waals surface area contributed by atoms with E-state index in [2.05, 4.69) is 0 Å². The lowest BCUT2D eigenvalue weighted by molar-refractivity contribution is -0.144. The van der Waals surface area contributed by atoms with Gasteiger partial charge in [0, 0.05) is 6.42 Å². The first-order chi connectivity index (χ1) is 12.8. The van der Waals surface area contributed by atoms with Gasteiger partial charge in [0.15, 0.2) is 11.6 Å². The highest BCUT2D eigenvalue weighted by atomic mass is 32.2. The fourth-order valence-corrected chi connectivity index (χ4v) is 4.61. The van der Waals surface area contributed by atoms with Gasteiger partial charge in [-0.15, -0.1) is 0 Å². The number of carbonyl (C=O) groups is 1. The van der Waals surface area contributed by atoms with E-state index in [0.29, 0.717) is 0 Å². The van der Waals surface area contributed by atoms with E-state index in [1.165, 1.54) is 30.3 Å². The van der Waals surface area contributed by atoms with Crippen molar-refractivity contribution >= 4 is 16.0 Å². The van der Waals surface area contributed by atoms with Crippen LogP contribution in [-0.2, 0) is 19.6 Å². The van der Waals surface area contributed by atoms with Gasteiger partial charge in [-0.3, -0.25) is 4.79 Å². The highest BCUT2D eigenvalue weighted by Crippen LogP contribution is 2.30. The Morgan fingerprint density at radius 2 is 1.89 bits per heavy atom. The molecular formula is C18H17F2NO5S. The number of benzene rings is 2. The number of hydrogen-bond acceptors (Lipinski definition) is 5. The minimum absolute atomic E-state index is 0.0183. The van der Waals surface area contributed by atoms with Gasteiger partial charge in [-0.05, 0) is 30.3 Å². The van der Waals surface area contributed by atoms with Crippen LogP contribution >= 0.6 is 0 Å². The standard InChI is InChI=1S/C18H17F2NO5S/c1-25-18(22)16-10-13(26-17-8-3-2-7-15(17)20)11-21(16)27(23,24)14-6-4-5-12(19)9-14/h2-9,13,16H,10-11H2,1H3. The summed E-state index contributed by atoms with van der Waals surface area (Å²) in [5, 5.41) is 0. The van der Waals surface area contributed by atoms with E-state index in [1.807, 2.05) is 0 Å². The van der Waals surface area contributed by atoms with Gasteiger partial charge in [0.1, 0.15) is 18.0 Å². The second-order valence-electron chi connectivity index (χ2n) is 5.98. The number of ether oxygens (including phenoxy) is 2. The van der Waals surface area contributed by atoms with Gasteiger partial charge < -0.3 is 9.47 Å². The van der Waals surface area contributed by atoms with Crippen molar-refractivity contribution in [1.82, 2.24) is 4.31 Å². The van der Waals surface area contributed by atoms with Crippen molar-refractivity contribution < 1.29 is 31.5 Å². The first-order valence-corrected chi connectivity index (χ1v) is 9.53. The predicted octanol–water partition coefficient (Wildman–Crippen LogP) is 2.35. The molecule has 6 nitrogen and oxygen atoms in total. The maximum absolute atomic E-state index is 13.8. The smallest absolute Gasteiger partial charge is 0.324 e. The molecule has 0 amide bonds. The maximum Gasteiger partial charge on any atom is 0.324 e. The molecule has 0 aromatic heterocycles. The number of methoxy groups -OCH3 is 1. The first kappa shape index (κ1) is 19.2. The van der Waals surface area contributed by atoms with Crippen LogP contribution in [0.1, 0.15) is 6.42 Å². The third kappa shape index (κ3) is 3.93. The zero-order valence-corrected chi connectivity index (χ0v) is 15.2. The number of halogens is 2. The summed E-state index contributed by atoms with van der Waals surface area (Å²) in [5.74, 6) is -2.13. The van der Waals surface area contributed by atoms with Crippen LogP contribution in [0.3, 0.4) is 0 Å². The van der Waals surface area contributed by atoms with Crippen LogP contribution in [-0.4, -0.2) is 44.5 Å². The zero-order chi connectivity index (χ0) is 19.6. The monoisotopic (exact) mass is 397 g/mol. The fourth-order valence-electron chi connectivity index (χ4n) is 2.95. The summed E-state index contributed by atoms with van der Waals surface area (Å²) < 4.78 is 64.2. The van der Waals surface area contributed by atoms with E-state index in [0.717, 1.165) is 23.5 Å². The third-order valence-electron chi connectivity index (χ3n) is 4.22. The van der Waals surface area contributed by atoms with Crippen molar-refractivity contribution in [2.24, 2.45) is 0 Å². The Labute approximate surface area is 155 Å². The van der Waals surface area contributed by atoms with Gasteiger partial charge in [-0.1, -0.05) is 18.2 Å². The lowest BCUT2D eigenvalue weighted by atomic mass is 10.2. The molecule has 2 unspecified atom stereocenters. The summed E-state index contributed by atoms with van der Waals surface area (Å²) in [6, 6.07) is 9.02. The average Bonchev–Trinajstić information content (AvgIpc) is 3.08. The number of rotatable bonds is 5. The van der Waals surface area contributed by atoms with Gasteiger partial charge in [0.05, 0.1) is 18.6 Å². The molecule has 0 bridgehead atoms. The Kier molecular flexibility index (Phi) is 5.43. The van der Waals surface area contributed by atoms with E-state index >= 15 is 0 Å². The number of esters is 1. The van der Waals surface area contributed by atoms with Crippen LogP contribution in [0.15, 0.2) is 53.4 Å². The molecule has 0 N–H and O–H groups in total. The van der Waals surface area contributed by atoms with E-state index < -0.39 is 39.8 Å². The van der Waals surface area contributed by atoms with Gasteiger partial charge in [-0.2, -0.15) is 4.31 Å². The van der Waals surface area contributed by atoms with Crippen LogP contribution < -0.4 is 4.74 Å². The van der Waals surface area contributed by atoms with Crippen molar-refractivity contribution in [3.63, 3.8) is 0 Å². The van der Waals surface area contributed by atoms with Crippen molar-refractivity contribution in [2.75, 3.05) is 13.7 Å². The molecule has 1 fully saturated rings. The highest BCUT2D eigenvalue weighted by molar-refractivity contribution is 7.89. The molecule has 3 rings (SSSR count). The van der Waals surface area contributed by atoms with E-state index in [4.69, 9.17) is 9.47 Å². The molecule has 27 heavy (non-hydrogen) atoms. The van der Waals surface area contributed by atoms with Crippen molar-refractivity contribution in [3.05, 3.63) is 60.2 Å². The summed E-state index contributed by atoms with van der Waals surface area (Å²) in [7, 11) is -3.04. The lowest BCUT2D eigenvalue weighted by Gasteiger charge is -2.21. The normalized spacial score (nSPS) is 20.4. The number of sulfonamides is 1. The Balaban J connectivity index is 1.90. The van der Waals surface area contributed by atoms with Crippen LogP contribution in [0.2, 0.25) is 0 Å².